The fourth-order valence-electron chi connectivity index (χ4n) is 3.90. The lowest BCUT2D eigenvalue weighted by Crippen LogP contribution is -2.37. The summed E-state index contributed by atoms with van der Waals surface area (Å²) in [5.74, 6) is -0.317. The number of amides is 1. The first-order valence-electron chi connectivity index (χ1n) is 10.5. The quantitative estimate of drug-likeness (QED) is 0.638. The second kappa shape index (κ2) is 9.26. The molecule has 1 aliphatic rings. The molecule has 1 aliphatic heterocycles. The van der Waals surface area contributed by atoms with Gasteiger partial charge in [-0.3, -0.25) is 9.59 Å². The molecule has 4 rings (SSSR count). The zero-order chi connectivity index (χ0) is 21.8. The van der Waals surface area contributed by atoms with Crippen molar-refractivity contribution in [3.05, 3.63) is 81.8 Å². The number of piperidine rings is 1. The molecule has 1 unspecified atom stereocenters. The lowest BCUT2D eigenvalue weighted by atomic mass is 9.99. The van der Waals surface area contributed by atoms with E-state index in [0.29, 0.717) is 18.0 Å². The highest BCUT2D eigenvalue weighted by atomic mass is 19.1. The second-order valence-corrected chi connectivity index (χ2v) is 8.00. The number of hydrogen-bond donors (Lipinski definition) is 2. The van der Waals surface area contributed by atoms with Crippen molar-refractivity contribution in [3.63, 3.8) is 0 Å². The number of aromatic nitrogens is 3. The van der Waals surface area contributed by atoms with Crippen LogP contribution >= 0.6 is 0 Å². The Morgan fingerprint density at radius 2 is 2.10 bits per heavy atom. The molecular formula is C23H26FN5O2. The molecule has 0 aliphatic carbocycles. The lowest BCUT2D eigenvalue weighted by Gasteiger charge is -2.23. The van der Waals surface area contributed by atoms with Crippen LogP contribution < -0.4 is 16.2 Å². The van der Waals surface area contributed by atoms with Gasteiger partial charge in [0.1, 0.15) is 11.4 Å². The van der Waals surface area contributed by atoms with Crippen molar-refractivity contribution >= 4 is 5.91 Å². The average molecular weight is 423 g/mol. The molecule has 0 bridgehead atoms. The van der Waals surface area contributed by atoms with E-state index in [0.717, 1.165) is 37.2 Å². The molecule has 31 heavy (non-hydrogen) atoms. The van der Waals surface area contributed by atoms with E-state index in [1.165, 1.54) is 12.1 Å². The Labute approximate surface area is 179 Å². The maximum Gasteiger partial charge on any atom is 0.263 e. The molecular weight excluding hydrogens is 397 g/mol. The molecule has 162 valence electrons. The zero-order valence-electron chi connectivity index (χ0n) is 17.5. The molecule has 0 radical (unpaired) electrons. The van der Waals surface area contributed by atoms with E-state index < -0.39 is 5.91 Å². The summed E-state index contributed by atoms with van der Waals surface area (Å²) in [5.41, 5.74) is 2.07. The zero-order valence-corrected chi connectivity index (χ0v) is 17.5. The van der Waals surface area contributed by atoms with E-state index in [-0.39, 0.29) is 23.5 Å². The molecule has 7 nitrogen and oxygen atoms in total. The van der Waals surface area contributed by atoms with Crippen molar-refractivity contribution in [2.24, 2.45) is 5.92 Å². The topological polar surface area (TPSA) is 81.0 Å². The largest absolute Gasteiger partial charge is 0.348 e. The van der Waals surface area contributed by atoms with Crippen LogP contribution in [0, 0.1) is 18.7 Å². The van der Waals surface area contributed by atoms with Crippen molar-refractivity contribution < 1.29 is 9.18 Å². The van der Waals surface area contributed by atoms with Gasteiger partial charge in [0.05, 0.1) is 11.9 Å². The Morgan fingerprint density at radius 1 is 1.29 bits per heavy atom. The first kappa shape index (κ1) is 21.0. The molecule has 0 spiro atoms. The number of carbonyl (C=O) groups excluding carboxylic acids is 1. The summed E-state index contributed by atoms with van der Waals surface area (Å²) in [7, 11) is 0. The summed E-state index contributed by atoms with van der Waals surface area (Å²) in [4.78, 5) is 25.8. The van der Waals surface area contributed by atoms with Crippen LogP contribution in [0.15, 0.2) is 53.7 Å². The van der Waals surface area contributed by atoms with Gasteiger partial charge in [0.2, 0.25) is 0 Å². The van der Waals surface area contributed by atoms with Crippen LogP contribution in [0.5, 0.6) is 0 Å². The van der Waals surface area contributed by atoms with Gasteiger partial charge < -0.3 is 15.2 Å². The molecule has 1 aromatic carbocycles. The van der Waals surface area contributed by atoms with Gasteiger partial charge in [0, 0.05) is 31.0 Å². The first-order valence-corrected chi connectivity index (χ1v) is 10.5. The number of aryl methyl sites for hydroxylation is 1. The van der Waals surface area contributed by atoms with Crippen molar-refractivity contribution in [2.45, 2.75) is 32.9 Å². The monoisotopic (exact) mass is 423 g/mol. The van der Waals surface area contributed by atoms with Crippen LogP contribution in [-0.4, -0.2) is 33.3 Å². The van der Waals surface area contributed by atoms with E-state index in [4.69, 9.17) is 0 Å². The van der Waals surface area contributed by atoms with Gasteiger partial charge in [-0.05, 0) is 74.7 Å². The fraction of sp³-hybridized carbons (Fsp3) is 0.348. The van der Waals surface area contributed by atoms with E-state index in [1.54, 1.807) is 46.9 Å². The smallest absolute Gasteiger partial charge is 0.263 e. The number of benzene rings is 1. The van der Waals surface area contributed by atoms with Crippen molar-refractivity contribution in [1.29, 1.82) is 0 Å². The molecule has 1 fully saturated rings. The van der Waals surface area contributed by atoms with Gasteiger partial charge in [0.25, 0.3) is 11.5 Å². The number of halogens is 1. The van der Waals surface area contributed by atoms with E-state index in [1.807, 2.05) is 6.07 Å². The Kier molecular flexibility index (Phi) is 6.27. The van der Waals surface area contributed by atoms with Crippen LogP contribution in [0.25, 0.3) is 5.69 Å². The number of hydrogen-bond acceptors (Lipinski definition) is 4. The molecule has 3 aromatic rings. The number of rotatable bonds is 6. The third kappa shape index (κ3) is 4.91. The van der Waals surface area contributed by atoms with Gasteiger partial charge in [-0.2, -0.15) is 5.10 Å². The van der Waals surface area contributed by atoms with Crippen LogP contribution in [0.1, 0.15) is 34.3 Å². The fourth-order valence-corrected chi connectivity index (χ4v) is 3.90. The highest BCUT2D eigenvalue weighted by Crippen LogP contribution is 2.13. The minimum atomic E-state index is -0.395. The van der Waals surface area contributed by atoms with Gasteiger partial charge in [0.15, 0.2) is 0 Å². The summed E-state index contributed by atoms with van der Waals surface area (Å²) < 4.78 is 16.4. The van der Waals surface area contributed by atoms with Crippen LogP contribution in [0.4, 0.5) is 4.39 Å². The summed E-state index contributed by atoms with van der Waals surface area (Å²) >= 11 is 0. The maximum atomic E-state index is 13.1. The van der Waals surface area contributed by atoms with Crippen molar-refractivity contribution in [3.8, 4) is 5.69 Å². The normalized spacial score (nSPS) is 16.3. The third-order valence-electron chi connectivity index (χ3n) is 5.63. The van der Waals surface area contributed by atoms with E-state index in [2.05, 4.69) is 15.7 Å². The number of nitrogens with one attached hydrogen (secondary N) is 2. The molecule has 1 atom stereocenters. The highest BCUT2D eigenvalue weighted by Gasteiger charge is 2.19. The van der Waals surface area contributed by atoms with Gasteiger partial charge in [-0.15, -0.1) is 0 Å². The lowest BCUT2D eigenvalue weighted by molar-refractivity contribution is 0.0948. The first-order chi connectivity index (χ1) is 15.0. The Balaban J connectivity index is 1.44. The van der Waals surface area contributed by atoms with E-state index in [9.17, 15) is 14.0 Å². The molecule has 0 saturated carbocycles. The standard InChI is InChI=1S/C23H26FN5O2/c1-16-8-10-28(14-17-3-2-9-25-11-17)23(31)21(16)22(30)26-12-18-13-27-29(15-18)20-6-4-19(24)5-7-20/h4-8,10,13,15,17,25H,2-3,9,11-12,14H2,1H3,(H,26,30). The van der Waals surface area contributed by atoms with Crippen LogP contribution in [0.2, 0.25) is 0 Å². The minimum absolute atomic E-state index is 0.178. The maximum absolute atomic E-state index is 13.1. The summed E-state index contributed by atoms with van der Waals surface area (Å²) in [5, 5.41) is 10.4. The van der Waals surface area contributed by atoms with Crippen molar-refractivity contribution in [1.82, 2.24) is 25.0 Å². The second-order valence-electron chi connectivity index (χ2n) is 8.00. The number of nitrogens with zero attached hydrogens (tertiary/aromatic N) is 3. The Hall–Kier alpha value is -3.26. The number of carbonyl (C=O) groups is 1. The Morgan fingerprint density at radius 3 is 2.84 bits per heavy atom. The van der Waals surface area contributed by atoms with Gasteiger partial charge >= 0.3 is 0 Å². The average Bonchev–Trinajstić information content (AvgIpc) is 3.25. The molecule has 1 amide bonds. The highest BCUT2D eigenvalue weighted by molar-refractivity contribution is 5.95. The molecule has 1 saturated heterocycles. The van der Waals surface area contributed by atoms with E-state index >= 15 is 0 Å². The third-order valence-corrected chi connectivity index (χ3v) is 5.63. The van der Waals surface area contributed by atoms with Gasteiger partial charge in [-0.1, -0.05) is 0 Å². The summed E-state index contributed by atoms with van der Waals surface area (Å²) in [6, 6.07) is 7.81. The summed E-state index contributed by atoms with van der Waals surface area (Å²) in [6.45, 7) is 4.52. The predicted molar refractivity (Wildman–Crippen MR) is 116 cm³/mol. The van der Waals surface area contributed by atoms with Crippen LogP contribution in [0.3, 0.4) is 0 Å². The molecule has 8 heteroatoms. The molecule has 2 N–H and O–H groups in total. The van der Waals surface area contributed by atoms with Gasteiger partial charge in [-0.25, -0.2) is 9.07 Å². The Bertz CT molecular complexity index is 1110. The number of pyridine rings is 1. The minimum Gasteiger partial charge on any atom is -0.348 e. The summed E-state index contributed by atoms with van der Waals surface area (Å²) in [6.07, 6.45) is 7.35. The predicted octanol–water partition coefficient (Wildman–Crippen LogP) is 2.41. The van der Waals surface area contributed by atoms with Crippen molar-refractivity contribution in [2.75, 3.05) is 13.1 Å². The molecule has 3 heterocycles. The van der Waals surface area contributed by atoms with Crippen LogP contribution in [-0.2, 0) is 13.1 Å². The molecule has 2 aromatic heterocycles. The SMILES string of the molecule is Cc1ccn(CC2CCCNC2)c(=O)c1C(=O)NCc1cnn(-c2ccc(F)cc2)c1.